The summed E-state index contributed by atoms with van der Waals surface area (Å²) in [5.74, 6) is 0.881. The number of rotatable bonds is 9. The highest BCUT2D eigenvalue weighted by atomic mass is 32.1. The Bertz CT molecular complexity index is 1100. The van der Waals surface area contributed by atoms with E-state index in [9.17, 15) is 4.79 Å². The molecule has 2 N–H and O–H groups in total. The van der Waals surface area contributed by atoms with E-state index in [1.165, 1.54) is 37.3 Å². The normalized spacial score (nSPS) is 15.6. The molecule has 1 unspecified atom stereocenters. The molecule has 0 bridgehead atoms. The third-order valence-corrected chi connectivity index (χ3v) is 7.11. The Kier molecular flexibility index (Phi) is 7.42. The summed E-state index contributed by atoms with van der Waals surface area (Å²) in [6.45, 7) is 11.9. The third-order valence-electron chi connectivity index (χ3n) is 6.09. The highest BCUT2D eigenvalue weighted by Crippen LogP contribution is 2.34. The van der Waals surface area contributed by atoms with Crippen molar-refractivity contribution in [1.29, 1.82) is 0 Å². The molecule has 1 fully saturated rings. The largest absolute Gasteiger partial charge is 0.364 e. The maximum atomic E-state index is 12.6. The van der Waals surface area contributed by atoms with Gasteiger partial charge in [0.05, 0.1) is 6.54 Å². The number of hydrogen-bond donors (Lipinski definition) is 2. The lowest BCUT2D eigenvalue weighted by Crippen LogP contribution is -2.38. The Labute approximate surface area is 206 Å². The quantitative estimate of drug-likeness (QED) is 0.477. The molecule has 1 aliphatic heterocycles. The third kappa shape index (κ3) is 5.88. The fourth-order valence-electron chi connectivity index (χ4n) is 4.28. The zero-order chi connectivity index (χ0) is 24.3. The van der Waals surface area contributed by atoms with E-state index in [1.807, 2.05) is 34.7 Å². The molecule has 0 saturated carbocycles. The number of nitrogens with zero attached hydrogens (tertiary/aromatic N) is 5. The highest BCUT2D eigenvalue weighted by Gasteiger charge is 2.23. The van der Waals surface area contributed by atoms with Crippen LogP contribution >= 0.6 is 11.3 Å². The van der Waals surface area contributed by atoms with E-state index in [0.717, 1.165) is 33.6 Å². The van der Waals surface area contributed by atoms with Crippen molar-refractivity contribution < 1.29 is 4.79 Å². The number of carbonyl (C=O) groups is 1. The van der Waals surface area contributed by atoms with E-state index < -0.39 is 0 Å². The summed E-state index contributed by atoms with van der Waals surface area (Å²) in [5.41, 5.74) is 1.78. The first-order valence-corrected chi connectivity index (χ1v) is 13.0. The summed E-state index contributed by atoms with van der Waals surface area (Å²) in [7, 11) is 1.90. The Morgan fingerprint density at radius 2 is 1.91 bits per heavy atom. The van der Waals surface area contributed by atoms with Crippen molar-refractivity contribution in [2.45, 2.75) is 58.5 Å². The zero-order valence-corrected chi connectivity index (χ0v) is 21.8. The minimum absolute atomic E-state index is 0.0157. The van der Waals surface area contributed by atoms with Crippen LogP contribution in [0.25, 0.3) is 16.2 Å². The summed E-state index contributed by atoms with van der Waals surface area (Å²) >= 11 is 1.49. The van der Waals surface area contributed by atoms with Gasteiger partial charge in [-0.05, 0) is 60.0 Å². The predicted molar refractivity (Wildman–Crippen MR) is 141 cm³/mol. The van der Waals surface area contributed by atoms with Crippen molar-refractivity contribution >= 4 is 33.2 Å². The molecule has 4 rings (SSSR count). The second kappa shape index (κ2) is 10.3. The van der Waals surface area contributed by atoms with Crippen LogP contribution in [0.5, 0.6) is 0 Å². The van der Waals surface area contributed by atoms with Gasteiger partial charge in [-0.15, -0.1) is 5.10 Å². The highest BCUT2D eigenvalue weighted by molar-refractivity contribution is 7.20. The smallest absolute Gasteiger partial charge is 0.239 e. The Morgan fingerprint density at radius 3 is 2.59 bits per heavy atom. The Hall–Kier alpha value is -2.65. The number of imidazole rings is 1. The molecule has 34 heavy (non-hydrogen) atoms. The lowest BCUT2D eigenvalue weighted by Gasteiger charge is -2.24. The van der Waals surface area contributed by atoms with Crippen molar-refractivity contribution in [3.8, 4) is 11.3 Å². The number of likely N-dealkylation sites (N-methyl/N-ethyl adjacent to an activating group) is 1. The summed E-state index contributed by atoms with van der Waals surface area (Å²) in [4.78, 5) is 22.6. The molecule has 9 heteroatoms. The molecule has 3 aromatic rings. The van der Waals surface area contributed by atoms with Gasteiger partial charge in [-0.25, -0.2) is 4.98 Å². The molecule has 0 spiro atoms. The SMILES string of the molecule is CC(CCNC(=O)CN(C)c1nn2c(NC(C)(C)C)c(-c3ccccc3)nc2s1)N1CCCC1. The predicted octanol–water partition coefficient (Wildman–Crippen LogP) is 4.10. The van der Waals surface area contributed by atoms with E-state index in [2.05, 4.69) is 55.4 Å². The van der Waals surface area contributed by atoms with Crippen LogP contribution in [0.4, 0.5) is 10.9 Å². The number of benzene rings is 1. The molecule has 1 atom stereocenters. The monoisotopic (exact) mass is 483 g/mol. The molecule has 3 heterocycles. The van der Waals surface area contributed by atoms with Crippen LogP contribution in [-0.2, 0) is 4.79 Å². The summed E-state index contributed by atoms with van der Waals surface area (Å²) in [6.07, 6.45) is 3.56. The molecular weight excluding hydrogens is 446 g/mol. The Morgan fingerprint density at radius 1 is 1.21 bits per heavy atom. The molecule has 1 saturated heterocycles. The molecule has 0 radical (unpaired) electrons. The molecule has 1 aromatic carbocycles. The van der Waals surface area contributed by atoms with Crippen LogP contribution in [0.3, 0.4) is 0 Å². The first-order chi connectivity index (χ1) is 16.2. The number of nitrogens with one attached hydrogen (secondary N) is 2. The van der Waals surface area contributed by atoms with E-state index >= 15 is 0 Å². The second-order valence-corrected chi connectivity index (χ2v) is 11.2. The van der Waals surface area contributed by atoms with Crippen molar-refractivity contribution in [3.63, 3.8) is 0 Å². The molecule has 8 nitrogen and oxygen atoms in total. The fourth-order valence-corrected chi connectivity index (χ4v) is 5.14. The first kappa shape index (κ1) is 24.5. The number of likely N-dealkylation sites (tertiary alicyclic amines) is 1. The van der Waals surface area contributed by atoms with Crippen LogP contribution in [0.1, 0.15) is 47.0 Å². The van der Waals surface area contributed by atoms with Gasteiger partial charge < -0.3 is 20.4 Å². The van der Waals surface area contributed by atoms with Crippen LogP contribution in [0.2, 0.25) is 0 Å². The molecule has 2 aromatic heterocycles. The van der Waals surface area contributed by atoms with Crippen LogP contribution < -0.4 is 15.5 Å². The van der Waals surface area contributed by atoms with Gasteiger partial charge in [-0.2, -0.15) is 4.52 Å². The van der Waals surface area contributed by atoms with Crippen molar-refractivity contribution in [2.75, 3.05) is 43.4 Å². The number of carbonyl (C=O) groups excluding carboxylic acids is 1. The lowest BCUT2D eigenvalue weighted by atomic mass is 10.1. The van der Waals surface area contributed by atoms with Crippen molar-refractivity contribution in [3.05, 3.63) is 30.3 Å². The van der Waals surface area contributed by atoms with Gasteiger partial charge in [-0.3, -0.25) is 4.79 Å². The molecule has 184 valence electrons. The van der Waals surface area contributed by atoms with Gasteiger partial charge in [0.2, 0.25) is 16.0 Å². The number of aromatic nitrogens is 3. The summed E-state index contributed by atoms with van der Waals surface area (Å²) in [5, 5.41) is 12.2. The topological polar surface area (TPSA) is 77.8 Å². The van der Waals surface area contributed by atoms with Crippen LogP contribution in [0.15, 0.2) is 30.3 Å². The number of hydrogen-bond acceptors (Lipinski definition) is 7. The van der Waals surface area contributed by atoms with Crippen LogP contribution in [-0.4, -0.2) is 70.2 Å². The van der Waals surface area contributed by atoms with Crippen molar-refractivity contribution in [1.82, 2.24) is 24.8 Å². The summed E-state index contributed by atoms with van der Waals surface area (Å²) < 4.78 is 1.86. The number of anilines is 2. The van der Waals surface area contributed by atoms with Gasteiger partial charge in [0.25, 0.3) is 0 Å². The first-order valence-electron chi connectivity index (χ1n) is 12.2. The minimum atomic E-state index is -0.152. The molecule has 0 aliphatic carbocycles. The maximum absolute atomic E-state index is 12.6. The van der Waals surface area contributed by atoms with E-state index in [0.29, 0.717) is 12.6 Å². The average Bonchev–Trinajstić information content (AvgIpc) is 3.51. The number of fused-ring (bicyclic) bond motifs is 1. The lowest BCUT2D eigenvalue weighted by molar-refractivity contribution is -0.119. The fraction of sp³-hybridized carbons (Fsp3) is 0.560. The zero-order valence-electron chi connectivity index (χ0n) is 21.0. The number of amides is 1. The van der Waals surface area contributed by atoms with Gasteiger partial charge in [0.15, 0.2) is 5.82 Å². The molecular formula is C25H37N7OS. The van der Waals surface area contributed by atoms with Crippen LogP contribution in [0, 0.1) is 0 Å². The van der Waals surface area contributed by atoms with E-state index in [-0.39, 0.29) is 18.0 Å². The second-order valence-electron chi connectivity index (χ2n) is 10.2. The summed E-state index contributed by atoms with van der Waals surface area (Å²) in [6, 6.07) is 10.7. The van der Waals surface area contributed by atoms with Gasteiger partial charge in [0, 0.05) is 30.7 Å². The van der Waals surface area contributed by atoms with Gasteiger partial charge in [0.1, 0.15) is 5.69 Å². The van der Waals surface area contributed by atoms with Gasteiger partial charge >= 0.3 is 0 Å². The molecule has 1 aliphatic rings. The van der Waals surface area contributed by atoms with E-state index in [1.54, 1.807) is 0 Å². The average molecular weight is 484 g/mol. The van der Waals surface area contributed by atoms with E-state index in [4.69, 9.17) is 10.1 Å². The molecule has 1 amide bonds. The Balaban J connectivity index is 1.43. The van der Waals surface area contributed by atoms with Gasteiger partial charge in [-0.1, -0.05) is 41.7 Å². The standard InChI is InChI=1S/C25H37N7OS/c1-18(31-15-9-10-16-31)13-14-26-20(33)17-30(5)24-29-32-22(28-25(2,3)4)21(27-23(32)34-24)19-11-7-6-8-12-19/h6-8,11-12,18,28H,9-10,13-17H2,1-5H3,(H,26,33). The maximum Gasteiger partial charge on any atom is 0.239 e. The van der Waals surface area contributed by atoms with Crippen molar-refractivity contribution in [2.24, 2.45) is 0 Å². The minimum Gasteiger partial charge on any atom is -0.364 e.